The Labute approximate surface area is 117 Å². The van der Waals surface area contributed by atoms with Crippen molar-refractivity contribution < 1.29 is 14.1 Å². The second kappa shape index (κ2) is 5.98. The molecule has 6 heteroatoms. The molecule has 0 aliphatic rings. The van der Waals surface area contributed by atoms with Crippen LogP contribution in [0.4, 0.5) is 10.1 Å². The van der Waals surface area contributed by atoms with Crippen molar-refractivity contribution in [1.29, 1.82) is 0 Å². The quantitative estimate of drug-likeness (QED) is 0.681. The lowest BCUT2D eigenvalue weighted by Crippen LogP contribution is -2.33. The molecule has 1 aromatic rings. The van der Waals surface area contributed by atoms with Gasteiger partial charge in [0, 0.05) is 18.2 Å². The van der Waals surface area contributed by atoms with E-state index in [0.717, 1.165) is 12.1 Å². The second-order valence-corrected chi connectivity index (χ2v) is 5.90. The predicted molar refractivity (Wildman–Crippen MR) is 74.0 cm³/mol. The van der Waals surface area contributed by atoms with E-state index in [0.29, 0.717) is 6.54 Å². The maximum absolute atomic E-state index is 13.2. The summed E-state index contributed by atoms with van der Waals surface area (Å²) in [5, 5.41) is 13.3. The number of nitrogens with one attached hydrogen (secondary N) is 1. The highest BCUT2D eigenvalue weighted by atomic mass is 19.1. The van der Waals surface area contributed by atoms with Crippen LogP contribution in [-0.2, 0) is 0 Å². The molecule has 5 nitrogen and oxygen atoms in total. The van der Waals surface area contributed by atoms with Crippen LogP contribution in [-0.4, -0.2) is 17.4 Å². The summed E-state index contributed by atoms with van der Waals surface area (Å²) < 4.78 is 13.2. The van der Waals surface area contributed by atoms with Crippen LogP contribution in [0.2, 0.25) is 0 Å². The van der Waals surface area contributed by atoms with E-state index in [-0.39, 0.29) is 16.9 Å². The summed E-state index contributed by atoms with van der Waals surface area (Å²) in [6.45, 7) is 8.65. The molecule has 0 aliphatic carbocycles. The van der Waals surface area contributed by atoms with Gasteiger partial charge in [0.15, 0.2) is 0 Å². The number of nitro groups is 1. The van der Waals surface area contributed by atoms with Crippen molar-refractivity contribution in [3.63, 3.8) is 0 Å². The zero-order chi connectivity index (χ0) is 15.5. The number of carbonyl (C=O) groups excluding carboxylic acids is 1. The molecule has 1 unspecified atom stereocenters. The van der Waals surface area contributed by atoms with E-state index in [1.54, 1.807) is 0 Å². The zero-order valence-corrected chi connectivity index (χ0v) is 12.1. The average Bonchev–Trinajstić information content (AvgIpc) is 2.34. The average molecular weight is 282 g/mol. The Kier molecular flexibility index (Phi) is 4.81. The number of hydrogen-bond acceptors (Lipinski definition) is 3. The van der Waals surface area contributed by atoms with Crippen molar-refractivity contribution in [3.05, 3.63) is 39.7 Å². The fraction of sp³-hybridized carbons (Fsp3) is 0.500. The van der Waals surface area contributed by atoms with E-state index in [1.165, 1.54) is 6.07 Å². The summed E-state index contributed by atoms with van der Waals surface area (Å²) in [6, 6.07) is 3.12. The van der Waals surface area contributed by atoms with Crippen LogP contribution in [0.25, 0.3) is 0 Å². The zero-order valence-electron chi connectivity index (χ0n) is 12.1. The number of nitrogens with zero attached hydrogens (tertiary/aromatic N) is 1. The summed E-state index contributed by atoms with van der Waals surface area (Å²) in [4.78, 5) is 21.7. The van der Waals surface area contributed by atoms with Gasteiger partial charge < -0.3 is 5.32 Å². The molecule has 0 aromatic heterocycles. The van der Waals surface area contributed by atoms with Gasteiger partial charge in [-0.25, -0.2) is 0 Å². The molecule has 0 bridgehead atoms. The number of nitro benzene ring substituents is 1. The van der Waals surface area contributed by atoms with Crippen molar-refractivity contribution in [2.24, 2.45) is 11.3 Å². The van der Waals surface area contributed by atoms with Gasteiger partial charge in [-0.2, -0.15) is 4.39 Å². The summed E-state index contributed by atoms with van der Waals surface area (Å²) in [5.41, 5.74) is -0.567. The van der Waals surface area contributed by atoms with Gasteiger partial charge in [0.05, 0.1) is 4.92 Å². The fourth-order valence-electron chi connectivity index (χ4n) is 1.45. The molecule has 20 heavy (non-hydrogen) atoms. The minimum absolute atomic E-state index is 0.0437. The van der Waals surface area contributed by atoms with Gasteiger partial charge >= 0.3 is 5.69 Å². The number of rotatable bonds is 4. The van der Waals surface area contributed by atoms with Crippen LogP contribution in [0, 0.1) is 27.3 Å². The molecule has 110 valence electrons. The highest BCUT2D eigenvalue weighted by Crippen LogP contribution is 2.24. The van der Waals surface area contributed by atoms with Crippen LogP contribution in [0.3, 0.4) is 0 Å². The van der Waals surface area contributed by atoms with E-state index in [2.05, 4.69) is 26.1 Å². The molecule has 0 heterocycles. The minimum atomic E-state index is -0.949. The van der Waals surface area contributed by atoms with Crippen LogP contribution in [0.1, 0.15) is 38.1 Å². The maximum atomic E-state index is 13.2. The minimum Gasteiger partial charge on any atom is -0.352 e. The summed E-state index contributed by atoms with van der Waals surface area (Å²) in [7, 11) is 0. The Balaban J connectivity index is 2.79. The lowest BCUT2D eigenvalue weighted by atomic mass is 9.82. The van der Waals surface area contributed by atoms with Crippen molar-refractivity contribution >= 4 is 11.6 Å². The smallest absolute Gasteiger partial charge is 0.305 e. The highest BCUT2D eigenvalue weighted by molar-refractivity contribution is 5.94. The van der Waals surface area contributed by atoms with E-state index in [9.17, 15) is 19.3 Å². The number of hydrogen-bond donors (Lipinski definition) is 1. The van der Waals surface area contributed by atoms with Gasteiger partial charge in [0.1, 0.15) is 0 Å². The Morgan fingerprint density at radius 2 is 2.05 bits per heavy atom. The molecule has 0 fully saturated rings. The van der Waals surface area contributed by atoms with E-state index < -0.39 is 22.3 Å². The first-order chi connectivity index (χ1) is 9.12. The molecule has 1 rings (SSSR count). The predicted octanol–water partition coefficient (Wildman–Crippen LogP) is 3.15. The second-order valence-electron chi connectivity index (χ2n) is 5.90. The molecule has 0 spiro atoms. The lowest BCUT2D eigenvalue weighted by Gasteiger charge is -2.27. The van der Waals surface area contributed by atoms with Crippen molar-refractivity contribution in [2.75, 3.05) is 6.54 Å². The van der Waals surface area contributed by atoms with Crippen molar-refractivity contribution in [1.82, 2.24) is 5.32 Å². The molecular weight excluding hydrogens is 263 g/mol. The first kappa shape index (κ1) is 16.1. The molecule has 1 aromatic carbocycles. The van der Waals surface area contributed by atoms with E-state index in [4.69, 9.17) is 0 Å². The SMILES string of the molecule is CC(CNC(=O)c1ccc(F)c([N+](=O)[O-])c1)C(C)(C)C. The van der Waals surface area contributed by atoms with E-state index in [1.807, 2.05) is 6.92 Å². The summed E-state index contributed by atoms with van der Waals surface area (Å²) in [5.74, 6) is -1.15. The van der Waals surface area contributed by atoms with Gasteiger partial charge in [-0.15, -0.1) is 0 Å². The normalized spacial score (nSPS) is 12.8. The van der Waals surface area contributed by atoms with Crippen LogP contribution in [0.15, 0.2) is 18.2 Å². The molecule has 0 saturated carbocycles. The molecular formula is C14H19FN2O3. The third-order valence-electron chi connectivity index (χ3n) is 3.45. The van der Waals surface area contributed by atoms with Gasteiger partial charge in [-0.1, -0.05) is 27.7 Å². The number of halogens is 1. The Bertz CT molecular complexity index is 524. The van der Waals surface area contributed by atoms with Gasteiger partial charge in [-0.3, -0.25) is 14.9 Å². The topological polar surface area (TPSA) is 72.2 Å². The molecule has 0 radical (unpaired) electrons. The number of carbonyl (C=O) groups is 1. The molecule has 1 atom stereocenters. The molecule has 0 saturated heterocycles. The molecule has 0 aliphatic heterocycles. The fourth-order valence-corrected chi connectivity index (χ4v) is 1.45. The third-order valence-corrected chi connectivity index (χ3v) is 3.45. The number of amides is 1. The van der Waals surface area contributed by atoms with E-state index >= 15 is 0 Å². The molecule has 1 N–H and O–H groups in total. The Morgan fingerprint density at radius 3 is 2.55 bits per heavy atom. The third kappa shape index (κ3) is 4.01. The summed E-state index contributed by atoms with van der Waals surface area (Å²) in [6.07, 6.45) is 0. The Hall–Kier alpha value is -1.98. The Morgan fingerprint density at radius 1 is 1.45 bits per heavy atom. The van der Waals surface area contributed by atoms with Crippen LogP contribution >= 0.6 is 0 Å². The van der Waals surface area contributed by atoms with Gasteiger partial charge in [-0.05, 0) is 23.5 Å². The van der Waals surface area contributed by atoms with Crippen LogP contribution < -0.4 is 5.32 Å². The first-order valence-corrected chi connectivity index (χ1v) is 6.35. The largest absolute Gasteiger partial charge is 0.352 e. The first-order valence-electron chi connectivity index (χ1n) is 6.35. The summed E-state index contributed by atoms with van der Waals surface area (Å²) >= 11 is 0. The van der Waals surface area contributed by atoms with Crippen LogP contribution in [0.5, 0.6) is 0 Å². The van der Waals surface area contributed by atoms with Gasteiger partial charge in [0.2, 0.25) is 5.82 Å². The lowest BCUT2D eigenvalue weighted by molar-refractivity contribution is -0.387. The van der Waals surface area contributed by atoms with Crippen molar-refractivity contribution in [2.45, 2.75) is 27.7 Å². The number of benzene rings is 1. The maximum Gasteiger partial charge on any atom is 0.305 e. The molecule has 1 amide bonds. The highest BCUT2D eigenvalue weighted by Gasteiger charge is 2.22. The monoisotopic (exact) mass is 282 g/mol. The van der Waals surface area contributed by atoms with Crippen molar-refractivity contribution in [3.8, 4) is 0 Å². The van der Waals surface area contributed by atoms with Gasteiger partial charge in [0.25, 0.3) is 5.91 Å². The standard InChI is InChI=1S/C14H19FN2O3/c1-9(14(2,3)4)8-16-13(18)10-5-6-11(15)12(7-10)17(19)20/h5-7,9H,8H2,1-4H3,(H,16,18).